The van der Waals surface area contributed by atoms with Gasteiger partial charge in [0.15, 0.2) is 0 Å². The molecule has 2 nitrogen and oxygen atoms in total. The Labute approximate surface area is 127 Å². The summed E-state index contributed by atoms with van der Waals surface area (Å²) in [5.41, 5.74) is 0.614. The lowest BCUT2D eigenvalue weighted by Crippen LogP contribution is -2.63. The van der Waals surface area contributed by atoms with Gasteiger partial charge in [0.25, 0.3) is 0 Å². The number of rotatable bonds is 6. The molecular weight excluding hydrogens is 264 g/mol. The first kappa shape index (κ1) is 18.2. The average Bonchev–Trinajstić information content (AvgIpc) is 2.44. The van der Waals surface area contributed by atoms with E-state index in [0.717, 1.165) is 5.92 Å². The van der Waals surface area contributed by atoms with Crippen LogP contribution in [0.4, 0.5) is 0 Å². The monoisotopic (exact) mass is 300 g/mol. The van der Waals surface area contributed by atoms with E-state index in [4.69, 9.17) is 8.85 Å². The molecule has 1 rings (SSSR count). The summed E-state index contributed by atoms with van der Waals surface area (Å²) in [7, 11) is 1.58. The summed E-state index contributed by atoms with van der Waals surface area (Å²) in [4.78, 5) is 0. The first-order valence-electron chi connectivity index (χ1n) is 8.48. The Morgan fingerprint density at radius 1 is 1.05 bits per heavy atom. The molecule has 3 atom stereocenters. The molecule has 0 spiro atoms. The molecule has 1 saturated heterocycles. The van der Waals surface area contributed by atoms with E-state index in [1.807, 2.05) is 14.2 Å². The molecule has 0 aromatic rings. The summed E-state index contributed by atoms with van der Waals surface area (Å²) < 4.78 is 12.6. The van der Waals surface area contributed by atoms with Gasteiger partial charge in [0.1, 0.15) is 0 Å². The second-order valence-electron chi connectivity index (χ2n) is 7.16. The molecule has 0 aliphatic carbocycles. The third-order valence-corrected chi connectivity index (χ3v) is 12.0. The molecule has 1 aliphatic rings. The van der Waals surface area contributed by atoms with Crippen LogP contribution in [-0.4, -0.2) is 22.8 Å². The van der Waals surface area contributed by atoms with Crippen molar-refractivity contribution in [2.75, 3.05) is 14.2 Å². The van der Waals surface area contributed by atoms with E-state index in [9.17, 15) is 0 Å². The molecule has 0 amide bonds. The van der Waals surface area contributed by atoms with Crippen molar-refractivity contribution in [1.82, 2.24) is 0 Å². The zero-order chi connectivity index (χ0) is 15.6. The Morgan fingerprint density at radius 2 is 1.60 bits per heavy atom. The normalized spacial score (nSPS) is 33.9. The average molecular weight is 301 g/mol. The smallest absolute Gasteiger partial charge is 0.348 e. The molecule has 1 heterocycles. The quantitative estimate of drug-likeness (QED) is 0.614. The summed E-state index contributed by atoms with van der Waals surface area (Å²) in [6.07, 6.45) is 5.05. The first-order valence-corrected chi connectivity index (χ1v) is 10.4. The molecule has 1 fully saturated rings. The van der Waals surface area contributed by atoms with Gasteiger partial charge in [0.2, 0.25) is 0 Å². The van der Waals surface area contributed by atoms with Crippen LogP contribution in [0.2, 0.25) is 10.6 Å². The van der Waals surface area contributed by atoms with Gasteiger partial charge in [-0.15, -0.1) is 0 Å². The van der Waals surface area contributed by atoms with Gasteiger partial charge >= 0.3 is 8.56 Å². The molecule has 0 bridgehead atoms. The molecule has 0 saturated carbocycles. The summed E-state index contributed by atoms with van der Waals surface area (Å²) in [6.45, 7) is 14.2. The van der Waals surface area contributed by atoms with Gasteiger partial charge in [0.05, 0.1) is 0 Å². The lowest BCUT2D eigenvalue weighted by molar-refractivity contribution is 0.0864. The summed E-state index contributed by atoms with van der Waals surface area (Å²) in [5.74, 6) is 2.00. The SMILES string of the molecule is CCC1CCC(C(C)C)[Si](OC)(OC)C1(CC)C(C)C. The van der Waals surface area contributed by atoms with Crippen LogP contribution in [0.15, 0.2) is 0 Å². The van der Waals surface area contributed by atoms with Crippen molar-refractivity contribution in [2.45, 2.75) is 77.8 Å². The summed E-state index contributed by atoms with van der Waals surface area (Å²) in [6, 6.07) is 0. The lowest BCUT2D eigenvalue weighted by Gasteiger charge is -2.59. The fourth-order valence-corrected chi connectivity index (χ4v) is 11.2. The van der Waals surface area contributed by atoms with E-state index >= 15 is 0 Å². The third kappa shape index (κ3) is 2.40. The van der Waals surface area contributed by atoms with Crippen LogP contribution in [0.3, 0.4) is 0 Å². The molecular formula is C17H36O2Si. The van der Waals surface area contributed by atoms with Crippen LogP contribution in [-0.2, 0) is 8.85 Å². The van der Waals surface area contributed by atoms with Gasteiger partial charge in [-0.3, -0.25) is 0 Å². The van der Waals surface area contributed by atoms with Crippen LogP contribution < -0.4 is 0 Å². The van der Waals surface area contributed by atoms with E-state index in [1.54, 1.807) is 0 Å². The summed E-state index contributed by atoms with van der Waals surface area (Å²) >= 11 is 0. The van der Waals surface area contributed by atoms with Crippen LogP contribution in [0.25, 0.3) is 0 Å². The molecule has 20 heavy (non-hydrogen) atoms. The van der Waals surface area contributed by atoms with E-state index in [1.165, 1.54) is 25.7 Å². The minimum absolute atomic E-state index is 0.248. The maximum Gasteiger partial charge on any atom is 0.348 e. The van der Waals surface area contributed by atoms with Gasteiger partial charge < -0.3 is 8.85 Å². The van der Waals surface area contributed by atoms with Gasteiger partial charge in [0, 0.05) is 24.8 Å². The molecule has 0 aromatic carbocycles. The highest BCUT2D eigenvalue weighted by Gasteiger charge is 2.66. The zero-order valence-electron chi connectivity index (χ0n) is 15.0. The van der Waals surface area contributed by atoms with Crippen molar-refractivity contribution in [3.05, 3.63) is 0 Å². The fourth-order valence-electron chi connectivity index (χ4n) is 5.38. The Morgan fingerprint density at radius 3 is 1.90 bits per heavy atom. The van der Waals surface area contributed by atoms with Crippen molar-refractivity contribution in [3.8, 4) is 0 Å². The second-order valence-corrected chi connectivity index (χ2v) is 11.0. The third-order valence-electron chi connectivity index (χ3n) is 6.21. The molecule has 1 aliphatic heterocycles. The van der Waals surface area contributed by atoms with Gasteiger partial charge in [-0.1, -0.05) is 48.0 Å². The maximum atomic E-state index is 6.32. The van der Waals surface area contributed by atoms with Crippen molar-refractivity contribution in [2.24, 2.45) is 17.8 Å². The van der Waals surface area contributed by atoms with Crippen molar-refractivity contribution in [1.29, 1.82) is 0 Å². The molecule has 0 aromatic heterocycles. The highest BCUT2D eigenvalue weighted by atomic mass is 28.4. The van der Waals surface area contributed by atoms with Crippen LogP contribution >= 0.6 is 0 Å². The molecule has 3 heteroatoms. The van der Waals surface area contributed by atoms with Crippen LogP contribution in [0.5, 0.6) is 0 Å². The standard InChI is InChI=1S/C17H36O2Si/c1-9-15-11-12-16(13(3)4)20(18-7,19-8)17(15,10-2)14(5)6/h13-16H,9-12H2,1-8H3. The fraction of sp³-hybridized carbons (Fsp3) is 1.00. The van der Waals surface area contributed by atoms with Gasteiger partial charge in [-0.2, -0.15) is 0 Å². The number of hydrogen-bond donors (Lipinski definition) is 0. The Balaban J connectivity index is 3.46. The second kappa shape index (κ2) is 6.93. The van der Waals surface area contributed by atoms with Crippen LogP contribution in [0.1, 0.15) is 67.2 Å². The van der Waals surface area contributed by atoms with Gasteiger partial charge in [-0.05, 0) is 37.0 Å². The minimum atomic E-state index is -2.25. The Bertz CT molecular complexity index is 299. The minimum Gasteiger partial charge on any atom is -0.397 e. The Kier molecular flexibility index (Phi) is 6.30. The largest absolute Gasteiger partial charge is 0.397 e. The predicted octanol–water partition coefficient (Wildman–Crippen LogP) is 5.37. The van der Waals surface area contributed by atoms with Gasteiger partial charge in [-0.25, -0.2) is 0 Å². The van der Waals surface area contributed by atoms with Crippen molar-refractivity contribution >= 4 is 8.56 Å². The maximum absolute atomic E-state index is 6.32. The zero-order valence-corrected chi connectivity index (χ0v) is 16.0. The van der Waals surface area contributed by atoms with E-state index in [0.29, 0.717) is 17.4 Å². The van der Waals surface area contributed by atoms with Crippen molar-refractivity contribution in [3.63, 3.8) is 0 Å². The highest BCUT2D eigenvalue weighted by molar-refractivity contribution is 6.72. The topological polar surface area (TPSA) is 18.5 Å². The molecule has 120 valence electrons. The molecule has 0 N–H and O–H groups in total. The predicted molar refractivity (Wildman–Crippen MR) is 89.2 cm³/mol. The van der Waals surface area contributed by atoms with Crippen molar-refractivity contribution < 1.29 is 8.85 Å². The van der Waals surface area contributed by atoms with E-state index < -0.39 is 8.56 Å². The molecule has 0 radical (unpaired) electrons. The molecule has 3 unspecified atom stereocenters. The first-order chi connectivity index (χ1) is 9.37. The number of hydrogen-bond acceptors (Lipinski definition) is 2. The lowest BCUT2D eigenvalue weighted by atomic mass is 9.75. The highest BCUT2D eigenvalue weighted by Crippen LogP contribution is 2.65. The Hall–Kier alpha value is 0.137. The summed E-state index contributed by atoms with van der Waals surface area (Å²) in [5, 5.41) is 0.248. The van der Waals surface area contributed by atoms with E-state index in [2.05, 4.69) is 41.5 Å². The van der Waals surface area contributed by atoms with E-state index in [-0.39, 0.29) is 5.04 Å². The van der Waals surface area contributed by atoms with Crippen LogP contribution in [0, 0.1) is 17.8 Å².